The van der Waals surface area contributed by atoms with Crippen LogP contribution >= 0.6 is 11.6 Å². The first-order valence-electron chi connectivity index (χ1n) is 8.82. The van der Waals surface area contributed by atoms with Crippen molar-refractivity contribution in [3.8, 4) is 0 Å². The number of benzene rings is 1. The summed E-state index contributed by atoms with van der Waals surface area (Å²) in [6, 6.07) is 6.26. The average Bonchev–Trinajstić information content (AvgIpc) is 3.46. The molecule has 1 fully saturated rings. The lowest BCUT2D eigenvalue weighted by atomic mass is 9.87. The fraction of sp³-hybridized carbons (Fsp3) is 0.421. The largest absolute Gasteiger partial charge is 0.394 e. The van der Waals surface area contributed by atoms with Crippen LogP contribution < -0.4 is 5.32 Å². The molecule has 156 valence electrons. The Bertz CT molecular complexity index is 869. The van der Waals surface area contributed by atoms with Crippen LogP contribution in [0.5, 0.6) is 0 Å². The van der Waals surface area contributed by atoms with E-state index in [0.29, 0.717) is 0 Å². The van der Waals surface area contributed by atoms with Gasteiger partial charge in [-0.15, -0.1) is 0 Å². The molecule has 0 radical (unpaired) electrons. The van der Waals surface area contributed by atoms with Crippen molar-refractivity contribution in [3.63, 3.8) is 0 Å². The fourth-order valence-corrected chi connectivity index (χ4v) is 3.38. The Morgan fingerprint density at radius 2 is 1.79 bits per heavy atom. The van der Waals surface area contributed by atoms with E-state index >= 15 is 0 Å². The van der Waals surface area contributed by atoms with E-state index in [4.69, 9.17) is 11.6 Å². The molecule has 4 nitrogen and oxygen atoms in total. The summed E-state index contributed by atoms with van der Waals surface area (Å²) in [6.45, 7) is -0.140. The third kappa shape index (κ3) is 4.83. The Morgan fingerprint density at radius 1 is 1.17 bits per heavy atom. The number of hydrogen-bond donors (Lipinski definition) is 1. The van der Waals surface area contributed by atoms with E-state index in [9.17, 15) is 26.7 Å². The second kappa shape index (κ2) is 8.22. The number of nitrogens with zero attached hydrogens (tertiary/aromatic N) is 2. The highest BCUT2D eigenvalue weighted by Crippen LogP contribution is 2.62. The summed E-state index contributed by atoms with van der Waals surface area (Å²) in [5.74, 6) is -2.04. The Kier molecular flexibility index (Phi) is 6.07. The van der Waals surface area contributed by atoms with E-state index in [-0.39, 0.29) is 42.0 Å². The topological polar surface area (TPSA) is 54.9 Å². The van der Waals surface area contributed by atoms with Gasteiger partial charge in [0.05, 0.1) is 16.0 Å². The molecule has 1 aromatic carbocycles. The second-order valence-electron chi connectivity index (χ2n) is 7.04. The van der Waals surface area contributed by atoms with Crippen molar-refractivity contribution in [2.24, 2.45) is 5.41 Å². The Morgan fingerprint density at radius 3 is 2.31 bits per heavy atom. The molecule has 2 aromatic rings. The zero-order chi connectivity index (χ0) is 21.2. The third-order valence-electron chi connectivity index (χ3n) is 5.08. The first kappa shape index (κ1) is 21.4. The van der Waals surface area contributed by atoms with Gasteiger partial charge in [-0.05, 0) is 37.0 Å². The number of rotatable bonds is 7. The molecular weight excluding hydrogens is 417 g/mol. The first-order valence-corrected chi connectivity index (χ1v) is 9.20. The minimum Gasteiger partial charge on any atom is -0.351 e. The van der Waals surface area contributed by atoms with Crippen LogP contribution in [0.15, 0.2) is 36.7 Å². The molecule has 1 aliphatic rings. The molecule has 0 saturated heterocycles. The molecule has 1 heterocycles. The van der Waals surface area contributed by atoms with E-state index in [1.165, 1.54) is 12.1 Å². The van der Waals surface area contributed by atoms with Crippen LogP contribution in [0.25, 0.3) is 0 Å². The molecular formula is C19H17ClF5N3O. The normalized spacial score (nSPS) is 16.5. The van der Waals surface area contributed by atoms with Crippen LogP contribution in [-0.2, 0) is 0 Å². The molecule has 1 unspecified atom stereocenters. The smallest absolute Gasteiger partial charge is 0.351 e. The van der Waals surface area contributed by atoms with Crippen LogP contribution in [0.2, 0.25) is 5.02 Å². The van der Waals surface area contributed by atoms with Crippen molar-refractivity contribution in [1.29, 1.82) is 0 Å². The molecule has 0 spiro atoms. The van der Waals surface area contributed by atoms with Gasteiger partial charge in [0.25, 0.3) is 12.3 Å². The standard InChI is InChI=1S/C19H17ClF5N3O/c20-14-4-2-1-3-13(14)17(29)28-8-11(7-18(5-6-18)19(23,24)25)12-9-26-16(15(21)22)27-10-12/h1-4,9-11,15H,5-8H2,(H,28,29). The number of nitrogens with one attached hydrogen (secondary N) is 1. The van der Waals surface area contributed by atoms with Crippen molar-refractivity contribution >= 4 is 17.5 Å². The van der Waals surface area contributed by atoms with E-state index in [2.05, 4.69) is 15.3 Å². The number of carbonyl (C=O) groups is 1. The van der Waals surface area contributed by atoms with Crippen LogP contribution in [0, 0.1) is 5.41 Å². The maximum Gasteiger partial charge on any atom is 0.394 e. The summed E-state index contributed by atoms with van der Waals surface area (Å²) in [6.07, 6.45) is -5.41. The molecule has 29 heavy (non-hydrogen) atoms. The SMILES string of the molecule is O=C(NCC(CC1(C(F)(F)F)CC1)c1cnc(C(F)F)nc1)c1ccccc1Cl. The zero-order valence-corrected chi connectivity index (χ0v) is 15.8. The maximum atomic E-state index is 13.4. The van der Waals surface area contributed by atoms with Gasteiger partial charge in [0.1, 0.15) is 0 Å². The number of halogens is 6. The predicted octanol–water partition coefficient (Wildman–Crippen LogP) is 5.31. The average molecular weight is 434 g/mol. The molecule has 3 rings (SSSR count). The van der Waals surface area contributed by atoms with Gasteiger partial charge in [-0.3, -0.25) is 4.79 Å². The Labute approximate surface area is 168 Å². The monoisotopic (exact) mass is 433 g/mol. The van der Waals surface area contributed by atoms with Crippen LogP contribution in [0.1, 0.15) is 53.4 Å². The summed E-state index contributed by atoms with van der Waals surface area (Å²) in [7, 11) is 0. The zero-order valence-electron chi connectivity index (χ0n) is 15.0. The molecule has 0 bridgehead atoms. The van der Waals surface area contributed by atoms with E-state index in [0.717, 1.165) is 12.4 Å². The first-order chi connectivity index (χ1) is 13.6. The summed E-state index contributed by atoms with van der Waals surface area (Å²) in [5, 5.41) is 2.79. The summed E-state index contributed by atoms with van der Waals surface area (Å²) in [5.41, 5.74) is -1.40. The summed E-state index contributed by atoms with van der Waals surface area (Å²) < 4.78 is 65.6. The van der Waals surface area contributed by atoms with Crippen LogP contribution in [-0.4, -0.2) is 28.6 Å². The predicted molar refractivity (Wildman–Crippen MR) is 95.9 cm³/mol. The van der Waals surface area contributed by atoms with Crippen molar-refractivity contribution in [2.75, 3.05) is 6.54 Å². The lowest BCUT2D eigenvalue weighted by Crippen LogP contribution is -2.33. The van der Waals surface area contributed by atoms with Crippen molar-refractivity contribution in [1.82, 2.24) is 15.3 Å². The number of aromatic nitrogens is 2. The van der Waals surface area contributed by atoms with Gasteiger partial charge < -0.3 is 5.32 Å². The number of carbonyl (C=O) groups excluding carboxylic acids is 1. The third-order valence-corrected chi connectivity index (χ3v) is 5.41. The van der Waals surface area contributed by atoms with Crippen LogP contribution in [0.4, 0.5) is 22.0 Å². The minimum absolute atomic E-state index is 0.0125. The lowest BCUT2D eigenvalue weighted by molar-refractivity contribution is -0.190. The van der Waals surface area contributed by atoms with Gasteiger partial charge in [0, 0.05) is 24.9 Å². The van der Waals surface area contributed by atoms with Crippen LogP contribution in [0.3, 0.4) is 0 Å². The number of amides is 1. The highest BCUT2D eigenvalue weighted by atomic mass is 35.5. The van der Waals surface area contributed by atoms with Gasteiger partial charge in [-0.1, -0.05) is 23.7 Å². The number of alkyl halides is 5. The summed E-state index contributed by atoms with van der Waals surface area (Å²) in [4.78, 5) is 19.4. The molecule has 1 amide bonds. The molecule has 10 heteroatoms. The van der Waals surface area contributed by atoms with Gasteiger partial charge in [-0.2, -0.15) is 13.2 Å². The highest BCUT2D eigenvalue weighted by Gasteiger charge is 2.63. The van der Waals surface area contributed by atoms with E-state index in [1.54, 1.807) is 12.1 Å². The molecule has 0 aliphatic heterocycles. The van der Waals surface area contributed by atoms with Crippen molar-refractivity contribution < 1.29 is 26.7 Å². The number of hydrogen-bond acceptors (Lipinski definition) is 3. The van der Waals surface area contributed by atoms with E-state index < -0.39 is 35.7 Å². The maximum absolute atomic E-state index is 13.4. The fourth-order valence-electron chi connectivity index (χ4n) is 3.16. The minimum atomic E-state index is -4.39. The molecule has 1 saturated carbocycles. The molecule has 1 aliphatic carbocycles. The molecule has 1 N–H and O–H groups in total. The molecule has 1 aromatic heterocycles. The van der Waals surface area contributed by atoms with Gasteiger partial charge >= 0.3 is 6.18 Å². The van der Waals surface area contributed by atoms with Gasteiger partial charge in [0.2, 0.25) is 0 Å². The second-order valence-corrected chi connectivity index (χ2v) is 7.45. The summed E-state index contributed by atoms with van der Waals surface area (Å²) >= 11 is 5.97. The lowest BCUT2D eigenvalue weighted by Gasteiger charge is -2.25. The quantitative estimate of drug-likeness (QED) is 0.602. The van der Waals surface area contributed by atoms with Crippen molar-refractivity contribution in [2.45, 2.75) is 37.8 Å². The van der Waals surface area contributed by atoms with Gasteiger partial charge in [0.15, 0.2) is 5.82 Å². The highest BCUT2D eigenvalue weighted by molar-refractivity contribution is 6.33. The molecule has 1 atom stereocenters. The van der Waals surface area contributed by atoms with Crippen molar-refractivity contribution in [3.05, 3.63) is 58.6 Å². The Balaban J connectivity index is 1.79. The van der Waals surface area contributed by atoms with Gasteiger partial charge in [-0.25, -0.2) is 18.7 Å². The Hall–Kier alpha value is -2.29. The van der Waals surface area contributed by atoms with E-state index in [1.807, 2.05) is 0 Å².